The van der Waals surface area contributed by atoms with Crippen LogP contribution >= 0.6 is 0 Å². The van der Waals surface area contributed by atoms with Gasteiger partial charge in [0.05, 0.1) is 0 Å². The molecule has 0 atom stereocenters. The summed E-state index contributed by atoms with van der Waals surface area (Å²) in [7, 11) is 0. The third kappa shape index (κ3) is 2.68. The Labute approximate surface area is 106 Å². The maximum absolute atomic E-state index is 5.73. The summed E-state index contributed by atoms with van der Waals surface area (Å²) in [4.78, 5) is 4.19. The molecule has 1 aromatic heterocycles. The van der Waals surface area contributed by atoms with E-state index in [9.17, 15) is 0 Å². The molecule has 2 rings (SSSR count). The summed E-state index contributed by atoms with van der Waals surface area (Å²) in [5, 5.41) is 3.82. The Morgan fingerprint density at radius 1 is 1.39 bits per heavy atom. The number of hydrogen-bond acceptors (Lipinski definition) is 5. The first kappa shape index (κ1) is 12.6. The standard InChI is InChI=1S/C13H17N3O2/c1-3-11-15-12(18-16-11)8-17-13-9(2)5-4-6-10(13)7-14/h4-6H,3,7-8,14H2,1-2H3. The first-order valence-corrected chi connectivity index (χ1v) is 5.97. The highest BCUT2D eigenvalue weighted by Gasteiger charge is 2.09. The van der Waals surface area contributed by atoms with Crippen molar-refractivity contribution in [2.75, 3.05) is 0 Å². The van der Waals surface area contributed by atoms with Gasteiger partial charge >= 0.3 is 0 Å². The zero-order valence-corrected chi connectivity index (χ0v) is 10.6. The van der Waals surface area contributed by atoms with Crippen LogP contribution in [0.15, 0.2) is 22.7 Å². The van der Waals surface area contributed by atoms with Crippen LogP contribution in [-0.4, -0.2) is 10.1 Å². The van der Waals surface area contributed by atoms with Crippen LogP contribution < -0.4 is 10.5 Å². The predicted molar refractivity (Wildman–Crippen MR) is 67.1 cm³/mol. The third-order valence-corrected chi connectivity index (χ3v) is 2.68. The van der Waals surface area contributed by atoms with E-state index in [0.717, 1.165) is 23.3 Å². The van der Waals surface area contributed by atoms with Crippen LogP contribution in [-0.2, 0) is 19.6 Å². The van der Waals surface area contributed by atoms with Gasteiger partial charge in [-0.3, -0.25) is 0 Å². The van der Waals surface area contributed by atoms with E-state index >= 15 is 0 Å². The fraction of sp³-hybridized carbons (Fsp3) is 0.385. The Morgan fingerprint density at radius 3 is 2.89 bits per heavy atom. The van der Waals surface area contributed by atoms with Crippen molar-refractivity contribution in [3.8, 4) is 5.75 Å². The lowest BCUT2D eigenvalue weighted by molar-refractivity contribution is 0.239. The molecule has 18 heavy (non-hydrogen) atoms. The van der Waals surface area contributed by atoms with Gasteiger partial charge < -0.3 is 15.0 Å². The summed E-state index contributed by atoms with van der Waals surface area (Å²) in [6, 6.07) is 5.90. The summed E-state index contributed by atoms with van der Waals surface area (Å²) in [6.45, 7) is 4.68. The Hall–Kier alpha value is -1.88. The van der Waals surface area contributed by atoms with Gasteiger partial charge in [-0.05, 0) is 12.5 Å². The number of rotatable bonds is 5. The van der Waals surface area contributed by atoms with Crippen molar-refractivity contribution >= 4 is 0 Å². The summed E-state index contributed by atoms with van der Waals surface area (Å²) in [5.74, 6) is 1.98. The second-order valence-corrected chi connectivity index (χ2v) is 4.01. The summed E-state index contributed by atoms with van der Waals surface area (Å²) >= 11 is 0. The van der Waals surface area contributed by atoms with Crippen LogP contribution in [0.4, 0.5) is 0 Å². The molecule has 5 heteroatoms. The number of nitrogens with zero attached hydrogens (tertiary/aromatic N) is 2. The van der Waals surface area contributed by atoms with Crippen molar-refractivity contribution in [3.63, 3.8) is 0 Å². The highest BCUT2D eigenvalue weighted by atomic mass is 16.5. The van der Waals surface area contributed by atoms with Crippen LogP contribution in [0.1, 0.15) is 29.8 Å². The molecule has 0 spiro atoms. The molecule has 0 aliphatic rings. The molecule has 0 aliphatic carbocycles. The number of benzene rings is 1. The average Bonchev–Trinajstić information content (AvgIpc) is 2.85. The molecule has 1 heterocycles. The van der Waals surface area contributed by atoms with Crippen LogP contribution in [0.25, 0.3) is 0 Å². The summed E-state index contributed by atoms with van der Waals surface area (Å²) in [6.07, 6.45) is 0.752. The van der Waals surface area contributed by atoms with Gasteiger partial charge in [0.15, 0.2) is 12.4 Å². The van der Waals surface area contributed by atoms with Crippen molar-refractivity contribution in [2.24, 2.45) is 5.73 Å². The van der Waals surface area contributed by atoms with Gasteiger partial charge in [-0.25, -0.2) is 0 Å². The van der Waals surface area contributed by atoms with Gasteiger partial charge in [0.1, 0.15) is 5.75 Å². The van der Waals surface area contributed by atoms with Gasteiger partial charge in [0.25, 0.3) is 5.89 Å². The molecular weight excluding hydrogens is 230 g/mol. The Morgan fingerprint density at radius 2 is 2.22 bits per heavy atom. The SMILES string of the molecule is CCc1noc(COc2c(C)cccc2CN)n1. The van der Waals surface area contributed by atoms with E-state index in [4.69, 9.17) is 15.0 Å². The highest BCUT2D eigenvalue weighted by Crippen LogP contribution is 2.23. The number of hydrogen-bond donors (Lipinski definition) is 1. The molecule has 0 amide bonds. The molecule has 0 aliphatic heterocycles. The molecule has 1 aromatic carbocycles. The number of para-hydroxylation sites is 1. The zero-order valence-electron chi connectivity index (χ0n) is 10.6. The molecule has 0 radical (unpaired) electrons. The molecule has 0 saturated heterocycles. The van der Waals surface area contributed by atoms with E-state index in [0.29, 0.717) is 18.3 Å². The van der Waals surface area contributed by atoms with Crippen molar-refractivity contribution in [2.45, 2.75) is 33.4 Å². The van der Waals surface area contributed by atoms with Gasteiger partial charge in [0, 0.05) is 18.5 Å². The third-order valence-electron chi connectivity index (χ3n) is 2.68. The smallest absolute Gasteiger partial charge is 0.264 e. The fourth-order valence-electron chi connectivity index (χ4n) is 1.71. The molecule has 0 bridgehead atoms. The number of aromatic nitrogens is 2. The van der Waals surface area contributed by atoms with Crippen molar-refractivity contribution < 1.29 is 9.26 Å². The van der Waals surface area contributed by atoms with E-state index in [1.54, 1.807) is 0 Å². The van der Waals surface area contributed by atoms with Gasteiger partial charge in [-0.1, -0.05) is 30.3 Å². The topological polar surface area (TPSA) is 74.2 Å². The lowest BCUT2D eigenvalue weighted by Crippen LogP contribution is -2.04. The molecule has 0 fully saturated rings. The molecule has 0 saturated carbocycles. The zero-order chi connectivity index (χ0) is 13.0. The number of ether oxygens (including phenoxy) is 1. The Bertz CT molecular complexity index is 523. The molecule has 0 unspecified atom stereocenters. The lowest BCUT2D eigenvalue weighted by Gasteiger charge is -2.11. The number of nitrogens with two attached hydrogens (primary N) is 1. The second-order valence-electron chi connectivity index (χ2n) is 4.01. The van der Waals surface area contributed by atoms with Crippen LogP contribution in [0, 0.1) is 6.92 Å². The Kier molecular flexibility index (Phi) is 3.94. The number of aryl methyl sites for hydroxylation is 2. The second kappa shape index (κ2) is 5.64. The molecule has 2 aromatic rings. The quantitative estimate of drug-likeness (QED) is 0.874. The first-order valence-electron chi connectivity index (χ1n) is 5.97. The van der Waals surface area contributed by atoms with Gasteiger partial charge in [0.2, 0.25) is 0 Å². The van der Waals surface area contributed by atoms with Crippen molar-refractivity contribution in [1.82, 2.24) is 10.1 Å². The largest absolute Gasteiger partial charge is 0.483 e. The van der Waals surface area contributed by atoms with Gasteiger partial charge in [-0.2, -0.15) is 4.98 Å². The van der Waals surface area contributed by atoms with E-state index in [1.807, 2.05) is 32.0 Å². The molecular formula is C13H17N3O2. The Balaban J connectivity index is 2.10. The maximum Gasteiger partial charge on any atom is 0.264 e. The monoisotopic (exact) mass is 247 g/mol. The summed E-state index contributed by atoms with van der Waals surface area (Å²) < 4.78 is 10.8. The predicted octanol–water partition coefficient (Wildman–Crippen LogP) is 1.98. The maximum atomic E-state index is 5.73. The minimum atomic E-state index is 0.269. The fourth-order valence-corrected chi connectivity index (χ4v) is 1.71. The van der Waals surface area contributed by atoms with Crippen LogP contribution in [0.5, 0.6) is 5.75 Å². The minimum Gasteiger partial charge on any atom is -0.483 e. The van der Waals surface area contributed by atoms with E-state index < -0.39 is 0 Å². The first-order chi connectivity index (χ1) is 8.74. The normalized spacial score (nSPS) is 10.6. The van der Waals surface area contributed by atoms with Crippen molar-refractivity contribution in [1.29, 1.82) is 0 Å². The van der Waals surface area contributed by atoms with Crippen LogP contribution in [0.2, 0.25) is 0 Å². The van der Waals surface area contributed by atoms with Gasteiger partial charge in [-0.15, -0.1) is 0 Å². The molecule has 5 nitrogen and oxygen atoms in total. The highest BCUT2D eigenvalue weighted by molar-refractivity contribution is 5.40. The molecule has 96 valence electrons. The average molecular weight is 247 g/mol. The molecule has 2 N–H and O–H groups in total. The van der Waals surface area contributed by atoms with E-state index in [1.165, 1.54) is 0 Å². The lowest BCUT2D eigenvalue weighted by atomic mass is 10.1. The van der Waals surface area contributed by atoms with E-state index in [2.05, 4.69) is 10.1 Å². The summed E-state index contributed by atoms with van der Waals surface area (Å²) in [5.41, 5.74) is 7.71. The van der Waals surface area contributed by atoms with Crippen LogP contribution in [0.3, 0.4) is 0 Å². The van der Waals surface area contributed by atoms with Crippen molar-refractivity contribution in [3.05, 3.63) is 41.0 Å². The minimum absolute atomic E-state index is 0.269. The van der Waals surface area contributed by atoms with E-state index in [-0.39, 0.29) is 6.61 Å².